The molecular weight excluding hydrogens is 282 g/mol. The minimum Gasteiger partial charge on any atom is -0.399 e. The molecule has 2 N–H and O–H groups in total. The molecule has 0 radical (unpaired) electrons. The van der Waals surface area contributed by atoms with E-state index >= 15 is 0 Å². The minimum absolute atomic E-state index is 0.174. The number of nitrogens with two attached hydrogens (primary N) is 1. The highest BCUT2D eigenvalue weighted by atomic mass is 32.2. The zero-order valence-electron chi connectivity index (χ0n) is 11.2. The third kappa shape index (κ3) is 2.39. The van der Waals surface area contributed by atoms with Crippen LogP contribution in [0.4, 0.5) is 5.69 Å². The van der Waals surface area contributed by atoms with E-state index in [9.17, 15) is 18.0 Å². The Balaban J connectivity index is 2.21. The summed E-state index contributed by atoms with van der Waals surface area (Å²) in [5, 5.41) is 0. The normalized spacial score (nSPS) is 15.1. The molecule has 0 saturated carbocycles. The molecule has 0 atom stereocenters. The summed E-state index contributed by atoms with van der Waals surface area (Å²) in [7, 11) is -0.663. The van der Waals surface area contributed by atoms with Crippen molar-refractivity contribution in [1.82, 2.24) is 9.21 Å². The first-order valence-electron chi connectivity index (χ1n) is 5.90. The van der Waals surface area contributed by atoms with Gasteiger partial charge in [0.05, 0.1) is 16.9 Å². The zero-order valence-corrected chi connectivity index (χ0v) is 12.0. The van der Waals surface area contributed by atoms with Gasteiger partial charge in [-0.25, -0.2) is 12.7 Å². The topological polar surface area (TPSA) is 101 Å². The van der Waals surface area contributed by atoms with Crippen LogP contribution < -0.4 is 5.73 Å². The van der Waals surface area contributed by atoms with Gasteiger partial charge < -0.3 is 5.73 Å². The van der Waals surface area contributed by atoms with Gasteiger partial charge in [0.1, 0.15) is 0 Å². The Morgan fingerprint density at radius 1 is 1.15 bits per heavy atom. The number of anilines is 1. The van der Waals surface area contributed by atoms with Crippen molar-refractivity contribution in [3.05, 3.63) is 29.3 Å². The maximum Gasteiger partial charge on any atom is 0.261 e. The van der Waals surface area contributed by atoms with E-state index in [1.54, 1.807) is 0 Å². The fourth-order valence-corrected chi connectivity index (χ4v) is 2.68. The quantitative estimate of drug-likeness (QED) is 0.610. The summed E-state index contributed by atoms with van der Waals surface area (Å²) in [5.74, 6) is -1.30. The van der Waals surface area contributed by atoms with Gasteiger partial charge in [-0.2, -0.15) is 0 Å². The molecule has 1 aromatic rings. The van der Waals surface area contributed by atoms with Crippen LogP contribution in [0.1, 0.15) is 20.7 Å². The molecule has 1 aliphatic rings. The van der Waals surface area contributed by atoms with Crippen LogP contribution >= 0.6 is 0 Å². The molecule has 20 heavy (non-hydrogen) atoms. The highest BCUT2D eigenvalue weighted by Gasteiger charge is 2.36. The zero-order chi connectivity index (χ0) is 15.1. The van der Waals surface area contributed by atoms with Crippen molar-refractivity contribution < 1.29 is 18.0 Å². The van der Waals surface area contributed by atoms with E-state index in [4.69, 9.17) is 5.73 Å². The smallest absolute Gasteiger partial charge is 0.261 e. The summed E-state index contributed by atoms with van der Waals surface area (Å²) in [6, 6.07) is 4.44. The highest BCUT2D eigenvalue weighted by molar-refractivity contribution is 7.89. The molecule has 2 rings (SSSR count). The van der Waals surface area contributed by atoms with Gasteiger partial charge in [-0.3, -0.25) is 14.5 Å². The summed E-state index contributed by atoms with van der Waals surface area (Å²) in [6.45, 7) is -0.174. The number of nitrogens with zero attached hydrogens (tertiary/aromatic N) is 2. The molecule has 0 bridgehead atoms. The number of carbonyl (C=O) groups excluding carboxylic acids is 2. The number of hydrogen-bond acceptors (Lipinski definition) is 5. The maximum absolute atomic E-state index is 12.1. The van der Waals surface area contributed by atoms with Crippen LogP contribution in [0.3, 0.4) is 0 Å². The predicted octanol–water partition coefficient (Wildman–Crippen LogP) is -0.244. The second-order valence-corrected chi connectivity index (χ2v) is 6.97. The summed E-state index contributed by atoms with van der Waals surface area (Å²) >= 11 is 0. The summed E-state index contributed by atoms with van der Waals surface area (Å²) in [6.07, 6.45) is 0. The Kier molecular flexibility index (Phi) is 3.53. The number of benzene rings is 1. The Morgan fingerprint density at radius 2 is 1.75 bits per heavy atom. The van der Waals surface area contributed by atoms with E-state index in [0.29, 0.717) is 5.69 Å². The van der Waals surface area contributed by atoms with E-state index in [1.807, 2.05) is 0 Å². The molecule has 2 amide bonds. The van der Waals surface area contributed by atoms with E-state index in [1.165, 1.54) is 32.3 Å². The van der Waals surface area contributed by atoms with Crippen molar-refractivity contribution in [1.29, 1.82) is 0 Å². The fourth-order valence-electron chi connectivity index (χ4n) is 1.90. The van der Waals surface area contributed by atoms with Gasteiger partial charge in [-0.05, 0) is 18.2 Å². The number of sulfonamides is 1. The van der Waals surface area contributed by atoms with Crippen molar-refractivity contribution in [2.75, 3.05) is 32.1 Å². The SMILES string of the molecule is CN(C)S(=O)(=O)CCN1C(=O)c2ccc(N)cc2C1=O. The standard InChI is InChI=1S/C12H15N3O4S/c1-14(2)20(18,19)6-5-15-11(16)9-4-3-8(13)7-10(9)12(15)17/h3-4,7H,5-6,13H2,1-2H3. The highest BCUT2D eigenvalue weighted by Crippen LogP contribution is 2.24. The molecule has 0 fully saturated rings. The third-order valence-electron chi connectivity index (χ3n) is 3.12. The van der Waals surface area contributed by atoms with Crippen molar-refractivity contribution in [2.24, 2.45) is 0 Å². The molecule has 1 aromatic carbocycles. The van der Waals surface area contributed by atoms with E-state index in [0.717, 1.165) is 9.21 Å². The third-order valence-corrected chi connectivity index (χ3v) is 4.94. The van der Waals surface area contributed by atoms with Crippen LogP contribution in [0.25, 0.3) is 0 Å². The Labute approximate surface area is 117 Å². The van der Waals surface area contributed by atoms with Crippen molar-refractivity contribution >= 4 is 27.5 Å². The number of nitrogen functional groups attached to an aromatic ring is 1. The average Bonchev–Trinajstić information content (AvgIpc) is 2.59. The number of hydrogen-bond donors (Lipinski definition) is 1. The Bertz CT molecular complexity index is 682. The lowest BCUT2D eigenvalue weighted by Crippen LogP contribution is -2.37. The van der Waals surface area contributed by atoms with E-state index in [2.05, 4.69) is 0 Å². The van der Waals surface area contributed by atoms with Crippen molar-refractivity contribution in [3.8, 4) is 0 Å². The Morgan fingerprint density at radius 3 is 2.35 bits per heavy atom. The number of fused-ring (bicyclic) bond motifs is 1. The molecule has 0 spiro atoms. The van der Waals surface area contributed by atoms with Crippen molar-refractivity contribution in [2.45, 2.75) is 0 Å². The van der Waals surface area contributed by atoms with Gasteiger partial charge in [0.25, 0.3) is 11.8 Å². The number of rotatable bonds is 4. The molecule has 1 aliphatic heterocycles. The van der Waals surface area contributed by atoms with Gasteiger partial charge in [-0.1, -0.05) is 0 Å². The molecule has 0 saturated heterocycles. The van der Waals surface area contributed by atoms with Crippen LogP contribution in [0.15, 0.2) is 18.2 Å². The minimum atomic E-state index is -3.47. The number of imide groups is 1. The van der Waals surface area contributed by atoms with Crippen molar-refractivity contribution in [3.63, 3.8) is 0 Å². The van der Waals surface area contributed by atoms with Gasteiger partial charge >= 0.3 is 0 Å². The maximum atomic E-state index is 12.1. The van der Waals surface area contributed by atoms with Crippen LogP contribution in [-0.4, -0.2) is 55.8 Å². The monoisotopic (exact) mass is 297 g/mol. The van der Waals surface area contributed by atoms with Gasteiger partial charge in [0.2, 0.25) is 10.0 Å². The molecule has 1 heterocycles. The fraction of sp³-hybridized carbons (Fsp3) is 0.333. The molecule has 0 unspecified atom stereocenters. The van der Waals surface area contributed by atoms with Gasteiger partial charge in [-0.15, -0.1) is 0 Å². The summed E-state index contributed by atoms with van der Waals surface area (Å²) in [4.78, 5) is 25.1. The lowest BCUT2D eigenvalue weighted by atomic mass is 10.1. The second kappa shape index (κ2) is 4.88. The van der Waals surface area contributed by atoms with Crippen LogP contribution in [0.5, 0.6) is 0 Å². The van der Waals surface area contributed by atoms with Crippen LogP contribution in [0, 0.1) is 0 Å². The predicted molar refractivity (Wildman–Crippen MR) is 73.7 cm³/mol. The summed E-state index contributed by atoms with van der Waals surface area (Å²) < 4.78 is 24.4. The summed E-state index contributed by atoms with van der Waals surface area (Å²) in [5.41, 5.74) is 6.44. The largest absolute Gasteiger partial charge is 0.399 e. The van der Waals surface area contributed by atoms with Crippen LogP contribution in [-0.2, 0) is 10.0 Å². The van der Waals surface area contributed by atoms with E-state index < -0.39 is 21.8 Å². The molecule has 7 nitrogen and oxygen atoms in total. The lowest BCUT2D eigenvalue weighted by molar-refractivity contribution is 0.0664. The molecular formula is C12H15N3O4S. The average molecular weight is 297 g/mol. The second-order valence-electron chi connectivity index (χ2n) is 4.67. The number of carbonyl (C=O) groups is 2. The van der Waals surface area contributed by atoms with Crippen LogP contribution in [0.2, 0.25) is 0 Å². The molecule has 0 aliphatic carbocycles. The lowest BCUT2D eigenvalue weighted by Gasteiger charge is -2.16. The van der Waals surface area contributed by atoms with Gasteiger partial charge in [0.15, 0.2) is 0 Å². The number of amides is 2. The first kappa shape index (κ1) is 14.5. The first-order valence-corrected chi connectivity index (χ1v) is 7.51. The first-order chi connectivity index (χ1) is 9.24. The molecule has 8 heteroatoms. The Hall–Kier alpha value is -1.93. The molecule has 108 valence electrons. The van der Waals surface area contributed by atoms with Gasteiger partial charge in [0, 0.05) is 26.3 Å². The molecule has 0 aromatic heterocycles. The van der Waals surface area contributed by atoms with E-state index in [-0.39, 0.29) is 23.4 Å².